The maximum Gasteiger partial charge on any atom is 0.340 e. The first kappa shape index (κ1) is 15.3. The van der Waals surface area contributed by atoms with Crippen molar-refractivity contribution in [3.8, 4) is 0 Å². The summed E-state index contributed by atoms with van der Waals surface area (Å²) in [5, 5.41) is 3.23. The van der Waals surface area contributed by atoms with Gasteiger partial charge in [-0.25, -0.2) is 4.79 Å². The lowest BCUT2D eigenvalue weighted by atomic mass is 10.1. The molecule has 0 aromatic heterocycles. The van der Waals surface area contributed by atoms with Crippen LogP contribution in [0.4, 0.5) is 11.4 Å². The average Bonchev–Trinajstić information content (AvgIpc) is 2.39. The molecule has 19 heavy (non-hydrogen) atoms. The molecule has 0 saturated heterocycles. The number of hydrogen-bond donors (Lipinski definition) is 2. The Morgan fingerprint density at radius 1 is 1.37 bits per heavy atom. The molecule has 0 radical (unpaired) electrons. The van der Waals surface area contributed by atoms with Crippen LogP contribution in [0.1, 0.15) is 29.8 Å². The molecule has 5 heteroatoms. The van der Waals surface area contributed by atoms with Crippen molar-refractivity contribution in [1.82, 2.24) is 0 Å². The number of esters is 1. The number of nitrogens with one attached hydrogen (secondary N) is 1. The molecule has 0 saturated carbocycles. The summed E-state index contributed by atoms with van der Waals surface area (Å²) in [6.45, 7) is 6.43. The Kier molecular flexibility index (Phi) is 4.78. The maximum atomic E-state index is 11.6. The number of rotatable bonds is 5. The smallest absolute Gasteiger partial charge is 0.340 e. The van der Waals surface area contributed by atoms with E-state index in [9.17, 15) is 4.79 Å². The zero-order valence-electron chi connectivity index (χ0n) is 12.2. The van der Waals surface area contributed by atoms with Crippen molar-refractivity contribution in [2.45, 2.75) is 26.4 Å². The molecular weight excluding hydrogens is 244 g/mol. The molecule has 0 unspecified atom stereocenters. The van der Waals surface area contributed by atoms with Crippen LogP contribution < -0.4 is 11.1 Å². The van der Waals surface area contributed by atoms with E-state index in [1.54, 1.807) is 13.2 Å². The fourth-order valence-corrected chi connectivity index (χ4v) is 1.57. The molecule has 5 nitrogen and oxygen atoms in total. The van der Waals surface area contributed by atoms with Crippen molar-refractivity contribution in [2.24, 2.45) is 0 Å². The van der Waals surface area contributed by atoms with Gasteiger partial charge in [0.25, 0.3) is 0 Å². The van der Waals surface area contributed by atoms with Gasteiger partial charge in [0.2, 0.25) is 0 Å². The van der Waals surface area contributed by atoms with Gasteiger partial charge < -0.3 is 20.5 Å². The zero-order valence-corrected chi connectivity index (χ0v) is 12.2. The summed E-state index contributed by atoms with van der Waals surface area (Å²) >= 11 is 0. The summed E-state index contributed by atoms with van der Waals surface area (Å²) in [5.41, 5.74) is 8.07. The summed E-state index contributed by atoms with van der Waals surface area (Å²) in [5.74, 6) is -0.435. The standard InChI is InChI=1S/C14H22N2O3/c1-9-6-10(16-8-14(2,3)19-5)7-11(12(9)15)13(17)18-4/h6-7,16H,8,15H2,1-5H3. The van der Waals surface area contributed by atoms with Crippen molar-refractivity contribution in [1.29, 1.82) is 0 Å². The van der Waals surface area contributed by atoms with Crippen molar-refractivity contribution in [3.63, 3.8) is 0 Å². The Hall–Kier alpha value is -1.75. The van der Waals surface area contributed by atoms with Gasteiger partial charge in [-0.3, -0.25) is 0 Å². The van der Waals surface area contributed by atoms with Gasteiger partial charge in [0.05, 0.1) is 18.3 Å². The number of hydrogen-bond acceptors (Lipinski definition) is 5. The summed E-state index contributed by atoms with van der Waals surface area (Å²) in [6.07, 6.45) is 0. The zero-order chi connectivity index (χ0) is 14.6. The van der Waals surface area contributed by atoms with E-state index in [1.807, 2.05) is 26.8 Å². The van der Waals surface area contributed by atoms with Crippen molar-refractivity contribution >= 4 is 17.3 Å². The summed E-state index contributed by atoms with van der Waals surface area (Å²) < 4.78 is 10.1. The first-order chi connectivity index (χ1) is 8.80. The molecule has 1 aromatic carbocycles. The van der Waals surface area contributed by atoms with E-state index in [1.165, 1.54) is 7.11 Å². The van der Waals surface area contributed by atoms with Crippen LogP contribution in [0, 0.1) is 6.92 Å². The lowest BCUT2D eigenvalue weighted by molar-refractivity contribution is 0.0344. The lowest BCUT2D eigenvalue weighted by Gasteiger charge is -2.24. The minimum Gasteiger partial charge on any atom is -0.465 e. The Bertz CT molecular complexity index is 470. The SMILES string of the molecule is COC(=O)c1cc(NCC(C)(C)OC)cc(C)c1N. The largest absolute Gasteiger partial charge is 0.465 e. The van der Waals surface area contributed by atoms with Crippen LogP contribution in [0.5, 0.6) is 0 Å². The fourth-order valence-electron chi connectivity index (χ4n) is 1.57. The second kappa shape index (κ2) is 5.93. The quantitative estimate of drug-likeness (QED) is 0.631. The number of carbonyl (C=O) groups is 1. The monoisotopic (exact) mass is 266 g/mol. The second-order valence-corrected chi connectivity index (χ2v) is 5.06. The Morgan fingerprint density at radius 3 is 2.53 bits per heavy atom. The van der Waals surface area contributed by atoms with Crippen molar-refractivity contribution < 1.29 is 14.3 Å². The van der Waals surface area contributed by atoms with E-state index in [0.29, 0.717) is 17.8 Å². The van der Waals surface area contributed by atoms with Gasteiger partial charge >= 0.3 is 5.97 Å². The third-order valence-electron chi connectivity index (χ3n) is 3.06. The molecular formula is C14H22N2O3. The lowest BCUT2D eigenvalue weighted by Crippen LogP contribution is -2.32. The number of anilines is 2. The number of nitrogen functional groups attached to an aromatic ring is 1. The van der Waals surface area contributed by atoms with Crippen LogP contribution in [0.3, 0.4) is 0 Å². The predicted octanol–water partition coefficient (Wildman–Crippen LogP) is 2.20. The number of ether oxygens (including phenoxy) is 2. The molecule has 1 rings (SSSR count). The summed E-state index contributed by atoms with van der Waals surface area (Å²) in [7, 11) is 3.00. The summed E-state index contributed by atoms with van der Waals surface area (Å²) in [6, 6.07) is 3.59. The van der Waals surface area contributed by atoms with Gasteiger partial charge in [0, 0.05) is 25.0 Å². The van der Waals surface area contributed by atoms with E-state index < -0.39 is 5.97 Å². The van der Waals surface area contributed by atoms with Crippen LogP contribution in [-0.2, 0) is 9.47 Å². The molecule has 0 spiro atoms. The highest BCUT2D eigenvalue weighted by Crippen LogP contribution is 2.24. The number of methoxy groups -OCH3 is 2. The molecule has 0 aliphatic carbocycles. The van der Waals surface area contributed by atoms with Gasteiger partial charge in [0.15, 0.2) is 0 Å². The van der Waals surface area contributed by atoms with E-state index in [2.05, 4.69) is 5.32 Å². The van der Waals surface area contributed by atoms with Crippen LogP contribution in [0.25, 0.3) is 0 Å². The highest BCUT2D eigenvalue weighted by Gasteiger charge is 2.17. The van der Waals surface area contributed by atoms with Gasteiger partial charge in [-0.2, -0.15) is 0 Å². The molecule has 1 aromatic rings. The molecule has 0 fully saturated rings. The van der Waals surface area contributed by atoms with E-state index in [-0.39, 0.29) is 5.60 Å². The first-order valence-electron chi connectivity index (χ1n) is 6.08. The molecule has 0 heterocycles. The van der Waals surface area contributed by atoms with Crippen molar-refractivity contribution in [3.05, 3.63) is 23.3 Å². The molecule has 0 aliphatic heterocycles. The maximum absolute atomic E-state index is 11.6. The van der Waals surface area contributed by atoms with Crippen molar-refractivity contribution in [2.75, 3.05) is 31.8 Å². The molecule has 3 N–H and O–H groups in total. The van der Waals surface area contributed by atoms with Gasteiger partial charge in [-0.05, 0) is 38.5 Å². The van der Waals surface area contributed by atoms with Gasteiger partial charge in [-0.15, -0.1) is 0 Å². The topological polar surface area (TPSA) is 73.6 Å². The van der Waals surface area contributed by atoms with Gasteiger partial charge in [0.1, 0.15) is 0 Å². The fraction of sp³-hybridized carbons (Fsp3) is 0.500. The van der Waals surface area contributed by atoms with Crippen LogP contribution in [0.2, 0.25) is 0 Å². The molecule has 0 amide bonds. The van der Waals surface area contributed by atoms with E-state index in [4.69, 9.17) is 15.2 Å². The van der Waals surface area contributed by atoms with Gasteiger partial charge in [-0.1, -0.05) is 0 Å². The molecule has 0 atom stereocenters. The predicted molar refractivity (Wildman–Crippen MR) is 76.5 cm³/mol. The average molecular weight is 266 g/mol. The normalized spacial score (nSPS) is 11.2. The minimum absolute atomic E-state index is 0.291. The third kappa shape index (κ3) is 3.86. The van der Waals surface area contributed by atoms with Crippen LogP contribution >= 0.6 is 0 Å². The molecule has 0 bridgehead atoms. The second-order valence-electron chi connectivity index (χ2n) is 5.06. The van der Waals surface area contributed by atoms with Crippen LogP contribution in [0.15, 0.2) is 12.1 Å². The Morgan fingerprint density at radius 2 is 2.00 bits per heavy atom. The van der Waals surface area contributed by atoms with E-state index in [0.717, 1.165) is 11.3 Å². The highest BCUT2D eigenvalue weighted by atomic mass is 16.5. The van der Waals surface area contributed by atoms with E-state index >= 15 is 0 Å². The molecule has 106 valence electrons. The van der Waals surface area contributed by atoms with Crippen LogP contribution in [-0.4, -0.2) is 32.3 Å². The first-order valence-corrected chi connectivity index (χ1v) is 6.08. The number of nitrogens with two attached hydrogens (primary N) is 1. The number of carbonyl (C=O) groups excluding carboxylic acids is 1. The minimum atomic E-state index is -0.435. The number of benzene rings is 1. The third-order valence-corrected chi connectivity index (χ3v) is 3.06. The Balaban J connectivity index is 2.98. The molecule has 0 aliphatic rings. The number of aryl methyl sites for hydroxylation is 1. The summed E-state index contributed by atoms with van der Waals surface area (Å²) in [4.78, 5) is 11.6. The Labute approximate surface area is 114 Å². The highest BCUT2D eigenvalue weighted by molar-refractivity contribution is 5.97.